The summed E-state index contributed by atoms with van der Waals surface area (Å²) in [6, 6.07) is 9.24. The summed E-state index contributed by atoms with van der Waals surface area (Å²) < 4.78 is 5.53. The van der Waals surface area contributed by atoms with Gasteiger partial charge in [-0.2, -0.15) is 0 Å². The van der Waals surface area contributed by atoms with Gasteiger partial charge in [-0.15, -0.1) is 11.3 Å². The smallest absolute Gasteiger partial charge is 0.138 e. The Bertz CT molecular complexity index is 366. The van der Waals surface area contributed by atoms with Crippen molar-refractivity contribution in [2.45, 2.75) is 0 Å². The first-order valence-electron chi connectivity index (χ1n) is 3.80. The predicted molar refractivity (Wildman–Crippen MR) is 55.8 cm³/mol. The molecule has 0 amide bonds. The fourth-order valence-electron chi connectivity index (χ4n) is 0.949. The van der Waals surface area contributed by atoms with Gasteiger partial charge in [-0.3, -0.25) is 0 Å². The van der Waals surface area contributed by atoms with E-state index in [4.69, 9.17) is 16.3 Å². The van der Waals surface area contributed by atoms with Crippen molar-refractivity contribution in [1.82, 2.24) is 0 Å². The molecule has 0 N–H and O–H groups in total. The molecule has 0 aliphatic carbocycles. The van der Waals surface area contributed by atoms with Gasteiger partial charge in [-0.1, -0.05) is 11.6 Å². The largest absolute Gasteiger partial charge is 0.457 e. The minimum atomic E-state index is 0.720. The zero-order valence-corrected chi connectivity index (χ0v) is 8.31. The summed E-state index contributed by atoms with van der Waals surface area (Å²) in [5.41, 5.74) is 0. The third kappa shape index (κ3) is 2.23. The Morgan fingerprint density at radius 2 is 1.77 bits per heavy atom. The van der Waals surface area contributed by atoms with Crippen molar-refractivity contribution in [2.24, 2.45) is 0 Å². The zero-order valence-electron chi connectivity index (χ0n) is 6.74. The van der Waals surface area contributed by atoms with Crippen molar-refractivity contribution in [2.75, 3.05) is 0 Å². The molecule has 1 heterocycles. The van der Waals surface area contributed by atoms with E-state index in [9.17, 15) is 0 Å². The molecule has 2 rings (SSSR count). The van der Waals surface area contributed by atoms with Gasteiger partial charge in [0.1, 0.15) is 11.5 Å². The minimum Gasteiger partial charge on any atom is -0.457 e. The van der Waals surface area contributed by atoms with Crippen LogP contribution in [0, 0.1) is 0 Å². The molecule has 0 unspecified atom stereocenters. The highest BCUT2D eigenvalue weighted by molar-refractivity contribution is 7.08. The molecule has 0 bridgehead atoms. The summed E-state index contributed by atoms with van der Waals surface area (Å²) in [5.74, 6) is 1.68. The average molecular weight is 211 g/mol. The fourth-order valence-corrected chi connectivity index (χ4v) is 1.63. The second kappa shape index (κ2) is 3.81. The summed E-state index contributed by atoms with van der Waals surface area (Å²) in [6.45, 7) is 0. The third-order valence-corrected chi connectivity index (χ3v) is 2.46. The minimum absolute atomic E-state index is 0.720. The topological polar surface area (TPSA) is 9.23 Å². The van der Waals surface area contributed by atoms with Crippen molar-refractivity contribution < 1.29 is 4.74 Å². The highest BCUT2D eigenvalue weighted by Crippen LogP contribution is 2.24. The SMILES string of the molecule is Clc1ccc(Oc2ccsc2)cc1. The first-order chi connectivity index (χ1) is 6.34. The molecule has 0 spiro atoms. The lowest BCUT2D eigenvalue weighted by atomic mass is 10.3. The van der Waals surface area contributed by atoms with Crippen LogP contribution in [0.15, 0.2) is 41.1 Å². The van der Waals surface area contributed by atoms with Crippen LogP contribution < -0.4 is 4.74 Å². The molecule has 1 aromatic heterocycles. The molecule has 0 saturated heterocycles. The molecule has 1 nitrogen and oxygen atoms in total. The summed E-state index contributed by atoms with van der Waals surface area (Å²) >= 11 is 7.35. The van der Waals surface area contributed by atoms with E-state index in [1.165, 1.54) is 0 Å². The lowest BCUT2D eigenvalue weighted by Gasteiger charge is -2.01. The van der Waals surface area contributed by atoms with Crippen molar-refractivity contribution in [3.8, 4) is 11.5 Å². The highest BCUT2D eigenvalue weighted by Gasteiger charge is 1.96. The Hall–Kier alpha value is -0.990. The van der Waals surface area contributed by atoms with Gasteiger partial charge in [0, 0.05) is 10.4 Å². The number of thiophene rings is 1. The maximum atomic E-state index is 5.74. The Labute approximate surface area is 85.5 Å². The normalized spacial score (nSPS) is 9.92. The van der Waals surface area contributed by atoms with Crippen LogP contribution in [-0.2, 0) is 0 Å². The van der Waals surface area contributed by atoms with E-state index >= 15 is 0 Å². The second-order valence-electron chi connectivity index (χ2n) is 2.52. The lowest BCUT2D eigenvalue weighted by Crippen LogP contribution is -1.79. The number of rotatable bonds is 2. The van der Waals surface area contributed by atoms with Crippen LogP contribution in [0.3, 0.4) is 0 Å². The van der Waals surface area contributed by atoms with Crippen molar-refractivity contribution >= 4 is 22.9 Å². The Kier molecular flexibility index (Phi) is 2.52. The van der Waals surface area contributed by atoms with Gasteiger partial charge in [-0.05, 0) is 35.7 Å². The van der Waals surface area contributed by atoms with Crippen molar-refractivity contribution in [1.29, 1.82) is 0 Å². The maximum absolute atomic E-state index is 5.74. The van der Waals surface area contributed by atoms with Crippen molar-refractivity contribution in [3.05, 3.63) is 46.1 Å². The van der Waals surface area contributed by atoms with E-state index in [0.29, 0.717) is 0 Å². The fraction of sp³-hybridized carbons (Fsp3) is 0. The molecule has 66 valence electrons. The Morgan fingerprint density at radius 1 is 1.00 bits per heavy atom. The van der Waals surface area contributed by atoms with Crippen LogP contribution in [0.4, 0.5) is 0 Å². The van der Waals surface area contributed by atoms with Crippen LogP contribution in [0.1, 0.15) is 0 Å². The number of ether oxygens (including phenoxy) is 1. The molecule has 0 aliphatic rings. The van der Waals surface area contributed by atoms with E-state index in [1.54, 1.807) is 11.3 Å². The van der Waals surface area contributed by atoms with E-state index < -0.39 is 0 Å². The van der Waals surface area contributed by atoms with Gasteiger partial charge in [0.2, 0.25) is 0 Å². The molecule has 13 heavy (non-hydrogen) atoms. The summed E-state index contributed by atoms with van der Waals surface area (Å²) in [5, 5.41) is 4.65. The first kappa shape index (κ1) is 8.60. The van der Waals surface area contributed by atoms with Crippen LogP contribution in [0.2, 0.25) is 5.02 Å². The first-order valence-corrected chi connectivity index (χ1v) is 5.12. The van der Waals surface area contributed by atoms with Crippen LogP contribution >= 0.6 is 22.9 Å². The number of halogens is 1. The molecule has 0 radical (unpaired) electrons. The van der Waals surface area contributed by atoms with Gasteiger partial charge < -0.3 is 4.74 Å². The maximum Gasteiger partial charge on any atom is 0.138 e. The molecule has 0 aliphatic heterocycles. The Morgan fingerprint density at radius 3 is 2.38 bits per heavy atom. The van der Waals surface area contributed by atoms with Crippen LogP contribution in [-0.4, -0.2) is 0 Å². The van der Waals surface area contributed by atoms with E-state index in [-0.39, 0.29) is 0 Å². The van der Waals surface area contributed by atoms with Crippen LogP contribution in [0.5, 0.6) is 11.5 Å². The standard InChI is InChI=1S/C10H7ClOS/c11-8-1-3-9(4-2-8)12-10-5-6-13-7-10/h1-7H. The molecule has 0 atom stereocenters. The molecule has 0 fully saturated rings. The van der Waals surface area contributed by atoms with E-state index in [1.807, 2.05) is 41.1 Å². The van der Waals surface area contributed by atoms with Gasteiger partial charge in [-0.25, -0.2) is 0 Å². The van der Waals surface area contributed by atoms with Gasteiger partial charge in [0.15, 0.2) is 0 Å². The highest BCUT2D eigenvalue weighted by atomic mass is 35.5. The van der Waals surface area contributed by atoms with Crippen molar-refractivity contribution in [3.63, 3.8) is 0 Å². The molecular formula is C10H7ClOS. The summed E-state index contributed by atoms with van der Waals surface area (Å²) in [7, 11) is 0. The molecule has 1 aromatic carbocycles. The molecule has 2 aromatic rings. The summed E-state index contributed by atoms with van der Waals surface area (Å²) in [4.78, 5) is 0. The van der Waals surface area contributed by atoms with Gasteiger partial charge in [0.25, 0.3) is 0 Å². The quantitative estimate of drug-likeness (QED) is 0.722. The van der Waals surface area contributed by atoms with Gasteiger partial charge >= 0.3 is 0 Å². The monoisotopic (exact) mass is 210 g/mol. The van der Waals surface area contributed by atoms with Gasteiger partial charge in [0.05, 0.1) is 0 Å². The molecule has 3 heteroatoms. The average Bonchev–Trinajstić information content (AvgIpc) is 2.62. The zero-order chi connectivity index (χ0) is 9.10. The number of hydrogen-bond acceptors (Lipinski definition) is 2. The third-order valence-electron chi connectivity index (χ3n) is 1.54. The Balaban J connectivity index is 2.15. The number of benzene rings is 1. The number of hydrogen-bond donors (Lipinski definition) is 0. The van der Waals surface area contributed by atoms with E-state index in [2.05, 4.69) is 0 Å². The summed E-state index contributed by atoms with van der Waals surface area (Å²) in [6.07, 6.45) is 0. The predicted octanol–water partition coefficient (Wildman–Crippen LogP) is 4.19. The second-order valence-corrected chi connectivity index (χ2v) is 3.73. The van der Waals surface area contributed by atoms with E-state index in [0.717, 1.165) is 16.5 Å². The molecule has 0 saturated carbocycles. The molecular weight excluding hydrogens is 204 g/mol. The van der Waals surface area contributed by atoms with Crippen LogP contribution in [0.25, 0.3) is 0 Å². The lowest BCUT2D eigenvalue weighted by molar-refractivity contribution is 0.485.